The maximum absolute atomic E-state index is 5.99. The number of para-hydroxylation sites is 1. The first-order valence-electron chi connectivity index (χ1n) is 6.76. The van der Waals surface area contributed by atoms with Crippen molar-refractivity contribution in [1.29, 1.82) is 0 Å². The summed E-state index contributed by atoms with van der Waals surface area (Å²) >= 11 is 1.76. The Morgan fingerprint density at radius 1 is 1.25 bits per heavy atom. The van der Waals surface area contributed by atoms with Gasteiger partial charge < -0.3 is 15.8 Å². The van der Waals surface area contributed by atoms with Crippen LogP contribution in [0.3, 0.4) is 0 Å². The van der Waals surface area contributed by atoms with Crippen LogP contribution in [0.15, 0.2) is 41.8 Å². The number of methoxy groups -OCH3 is 1. The van der Waals surface area contributed by atoms with E-state index < -0.39 is 0 Å². The fourth-order valence-electron chi connectivity index (χ4n) is 2.19. The van der Waals surface area contributed by atoms with Crippen LogP contribution in [-0.2, 0) is 13.0 Å². The topological polar surface area (TPSA) is 47.3 Å². The van der Waals surface area contributed by atoms with E-state index >= 15 is 0 Å². The minimum absolute atomic E-state index is 0.140. The Kier molecular flexibility index (Phi) is 5.17. The number of hydrogen-bond donors (Lipinski definition) is 2. The normalized spacial score (nSPS) is 13.9. The van der Waals surface area contributed by atoms with Gasteiger partial charge in [0.25, 0.3) is 0 Å². The lowest BCUT2D eigenvalue weighted by atomic mass is 9.92. The minimum atomic E-state index is -0.140. The molecule has 1 aromatic heterocycles. The molecule has 0 saturated heterocycles. The monoisotopic (exact) mass is 290 g/mol. The van der Waals surface area contributed by atoms with Gasteiger partial charge in [0.2, 0.25) is 0 Å². The Morgan fingerprint density at radius 3 is 2.70 bits per heavy atom. The Bertz CT molecular complexity index is 527. The van der Waals surface area contributed by atoms with Crippen LogP contribution in [0.25, 0.3) is 0 Å². The van der Waals surface area contributed by atoms with Gasteiger partial charge in [0.05, 0.1) is 7.11 Å². The molecule has 1 atom stereocenters. The van der Waals surface area contributed by atoms with Crippen LogP contribution in [0, 0.1) is 0 Å². The second kappa shape index (κ2) is 6.88. The molecule has 4 heteroatoms. The lowest BCUT2D eigenvalue weighted by molar-refractivity contribution is 0.349. The van der Waals surface area contributed by atoms with Gasteiger partial charge in [-0.25, -0.2) is 0 Å². The third-order valence-corrected chi connectivity index (χ3v) is 4.37. The molecule has 108 valence electrons. The zero-order valence-electron chi connectivity index (χ0n) is 12.1. The first-order valence-corrected chi connectivity index (χ1v) is 7.64. The van der Waals surface area contributed by atoms with Crippen molar-refractivity contribution in [2.24, 2.45) is 5.73 Å². The third kappa shape index (κ3) is 3.82. The number of nitrogens with one attached hydrogen (secondary N) is 1. The number of benzene rings is 1. The highest BCUT2D eigenvalue weighted by Gasteiger charge is 2.23. The van der Waals surface area contributed by atoms with Gasteiger partial charge in [-0.3, -0.25) is 0 Å². The molecule has 3 N–H and O–H groups in total. The van der Waals surface area contributed by atoms with Gasteiger partial charge in [0, 0.05) is 23.5 Å². The Labute approximate surface area is 124 Å². The molecule has 0 aliphatic rings. The van der Waals surface area contributed by atoms with Crippen molar-refractivity contribution in [3.05, 3.63) is 52.2 Å². The molecule has 2 aromatic rings. The van der Waals surface area contributed by atoms with Crippen molar-refractivity contribution in [3.8, 4) is 5.75 Å². The molecule has 20 heavy (non-hydrogen) atoms. The van der Waals surface area contributed by atoms with Crippen molar-refractivity contribution in [2.45, 2.75) is 25.4 Å². The van der Waals surface area contributed by atoms with E-state index in [4.69, 9.17) is 10.5 Å². The van der Waals surface area contributed by atoms with E-state index in [0.29, 0.717) is 6.54 Å². The van der Waals surface area contributed by atoms with Crippen molar-refractivity contribution in [3.63, 3.8) is 0 Å². The Morgan fingerprint density at radius 2 is 2.05 bits per heavy atom. The quantitative estimate of drug-likeness (QED) is 0.824. The van der Waals surface area contributed by atoms with Crippen molar-refractivity contribution in [2.75, 3.05) is 13.7 Å². The molecule has 0 aliphatic carbocycles. The summed E-state index contributed by atoms with van der Waals surface area (Å²) in [5, 5.41) is 5.67. The fourth-order valence-corrected chi connectivity index (χ4v) is 2.83. The molecule has 2 rings (SSSR count). The zero-order chi connectivity index (χ0) is 14.4. The lowest BCUT2D eigenvalue weighted by Crippen LogP contribution is -2.49. The SMILES string of the molecule is COc1ccccc1CC(C)(CN)NCc1cccs1. The maximum Gasteiger partial charge on any atom is 0.122 e. The van der Waals surface area contributed by atoms with Crippen LogP contribution in [-0.4, -0.2) is 19.2 Å². The Hall–Kier alpha value is -1.36. The van der Waals surface area contributed by atoms with E-state index in [9.17, 15) is 0 Å². The number of ether oxygens (including phenoxy) is 1. The molecule has 1 heterocycles. The third-order valence-electron chi connectivity index (χ3n) is 3.49. The molecule has 3 nitrogen and oxygen atoms in total. The first kappa shape index (κ1) is 15.0. The van der Waals surface area contributed by atoms with Crippen molar-refractivity contribution >= 4 is 11.3 Å². The average Bonchev–Trinajstić information content (AvgIpc) is 2.99. The number of thiophene rings is 1. The smallest absolute Gasteiger partial charge is 0.122 e. The largest absolute Gasteiger partial charge is 0.496 e. The molecule has 0 bridgehead atoms. The summed E-state index contributed by atoms with van der Waals surface area (Å²) in [6.07, 6.45) is 0.846. The van der Waals surface area contributed by atoms with E-state index in [1.165, 1.54) is 10.4 Å². The molecule has 0 radical (unpaired) electrons. The molecule has 0 aliphatic heterocycles. The van der Waals surface area contributed by atoms with Gasteiger partial charge in [-0.05, 0) is 36.4 Å². The summed E-state index contributed by atoms with van der Waals surface area (Å²) in [5.41, 5.74) is 7.03. The van der Waals surface area contributed by atoms with E-state index in [1.54, 1.807) is 18.4 Å². The second-order valence-electron chi connectivity index (χ2n) is 5.19. The Balaban J connectivity index is 2.06. The predicted octanol–water partition coefficient (Wildman–Crippen LogP) is 2.81. The van der Waals surface area contributed by atoms with E-state index in [-0.39, 0.29) is 5.54 Å². The van der Waals surface area contributed by atoms with Gasteiger partial charge in [-0.1, -0.05) is 24.3 Å². The maximum atomic E-state index is 5.99. The van der Waals surface area contributed by atoms with Gasteiger partial charge >= 0.3 is 0 Å². The zero-order valence-corrected chi connectivity index (χ0v) is 12.9. The van der Waals surface area contributed by atoms with Gasteiger partial charge in [0.15, 0.2) is 0 Å². The standard InChI is InChI=1S/C16H22N2OS/c1-16(12-17,18-11-14-7-5-9-20-14)10-13-6-3-4-8-15(13)19-2/h3-9,18H,10-12,17H2,1-2H3. The molecule has 0 amide bonds. The predicted molar refractivity (Wildman–Crippen MR) is 85.3 cm³/mol. The van der Waals surface area contributed by atoms with Gasteiger partial charge in [-0.15, -0.1) is 11.3 Å². The van der Waals surface area contributed by atoms with Gasteiger partial charge in [-0.2, -0.15) is 0 Å². The first-order chi connectivity index (χ1) is 9.67. The summed E-state index contributed by atoms with van der Waals surface area (Å²) in [5.74, 6) is 0.921. The highest BCUT2D eigenvalue weighted by atomic mass is 32.1. The highest BCUT2D eigenvalue weighted by Crippen LogP contribution is 2.23. The molecule has 0 fully saturated rings. The van der Waals surface area contributed by atoms with Crippen molar-refractivity contribution in [1.82, 2.24) is 5.32 Å². The minimum Gasteiger partial charge on any atom is -0.496 e. The summed E-state index contributed by atoms with van der Waals surface area (Å²) in [6, 6.07) is 12.3. The van der Waals surface area contributed by atoms with Gasteiger partial charge in [0.1, 0.15) is 5.75 Å². The summed E-state index contributed by atoms with van der Waals surface area (Å²) < 4.78 is 5.42. The van der Waals surface area contributed by atoms with Crippen LogP contribution in [0.5, 0.6) is 5.75 Å². The average molecular weight is 290 g/mol. The number of nitrogens with two attached hydrogens (primary N) is 1. The van der Waals surface area contributed by atoms with Crippen LogP contribution in [0.2, 0.25) is 0 Å². The molecule has 1 aromatic carbocycles. The second-order valence-corrected chi connectivity index (χ2v) is 6.22. The summed E-state index contributed by atoms with van der Waals surface area (Å²) in [7, 11) is 1.71. The van der Waals surface area contributed by atoms with Crippen LogP contribution < -0.4 is 15.8 Å². The van der Waals surface area contributed by atoms with Crippen LogP contribution >= 0.6 is 11.3 Å². The number of rotatable bonds is 7. The van der Waals surface area contributed by atoms with Crippen LogP contribution in [0.4, 0.5) is 0 Å². The molecular formula is C16H22N2OS. The van der Waals surface area contributed by atoms with E-state index in [2.05, 4.69) is 35.8 Å². The molecular weight excluding hydrogens is 268 g/mol. The highest BCUT2D eigenvalue weighted by molar-refractivity contribution is 7.09. The van der Waals surface area contributed by atoms with E-state index in [1.807, 2.05) is 18.2 Å². The molecule has 0 spiro atoms. The molecule has 0 saturated carbocycles. The lowest BCUT2D eigenvalue weighted by Gasteiger charge is -2.30. The number of hydrogen-bond acceptors (Lipinski definition) is 4. The summed E-state index contributed by atoms with van der Waals surface area (Å²) in [4.78, 5) is 1.32. The van der Waals surface area contributed by atoms with E-state index in [0.717, 1.165) is 18.7 Å². The fraction of sp³-hybridized carbons (Fsp3) is 0.375. The molecule has 1 unspecified atom stereocenters. The van der Waals surface area contributed by atoms with Crippen LogP contribution in [0.1, 0.15) is 17.4 Å². The van der Waals surface area contributed by atoms with Crippen molar-refractivity contribution < 1.29 is 4.74 Å². The summed E-state index contributed by atoms with van der Waals surface area (Å²) in [6.45, 7) is 3.59.